The van der Waals surface area contributed by atoms with E-state index in [0.717, 1.165) is 0 Å². The van der Waals surface area contributed by atoms with Gasteiger partial charge >= 0.3 is 5.97 Å². The van der Waals surface area contributed by atoms with Gasteiger partial charge in [0.1, 0.15) is 11.5 Å². The zero-order chi connectivity index (χ0) is 14.0. The van der Waals surface area contributed by atoms with Crippen LogP contribution in [0.5, 0.6) is 5.75 Å². The SMILES string of the molecule is COc1ccccc1C1CCC(=O)CC1(O)C(=O)O. The summed E-state index contributed by atoms with van der Waals surface area (Å²) in [5.41, 5.74) is -1.42. The number of aliphatic carboxylic acids is 1. The van der Waals surface area contributed by atoms with Crippen molar-refractivity contribution < 1.29 is 24.5 Å². The lowest BCUT2D eigenvalue weighted by molar-refractivity contribution is -0.167. The number of ketones is 1. The molecule has 5 heteroatoms. The summed E-state index contributed by atoms with van der Waals surface area (Å²) in [6.07, 6.45) is 0.228. The van der Waals surface area contributed by atoms with E-state index in [-0.39, 0.29) is 18.6 Å². The van der Waals surface area contributed by atoms with Crippen LogP contribution in [-0.4, -0.2) is 34.7 Å². The molecule has 102 valence electrons. The highest BCUT2D eigenvalue weighted by atomic mass is 16.5. The Labute approximate surface area is 110 Å². The maximum Gasteiger partial charge on any atom is 0.336 e. The first kappa shape index (κ1) is 13.5. The number of carboxylic acid groups (broad SMARTS) is 1. The van der Waals surface area contributed by atoms with Gasteiger partial charge in [-0.1, -0.05) is 18.2 Å². The zero-order valence-corrected chi connectivity index (χ0v) is 10.6. The Morgan fingerprint density at radius 3 is 2.74 bits per heavy atom. The van der Waals surface area contributed by atoms with Crippen molar-refractivity contribution in [2.45, 2.75) is 30.8 Å². The van der Waals surface area contributed by atoms with Crippen molar-refractivity contribution in [3.05, 3.63) is 29.8 Å². The minimum absolute atomic E-state index is 0.226. The van der Waals surface area contributed by atoms with Gasteiger partial charge in [0.15, 0.2) is 5.60 Å². The number of hydrogen-bond acceptors (Lipinski definition) is 4. The Balaban J connectivity index is 2.46. The van der Waals surface area contributed by atoms with Crippen molar-refractivity contribution in [2.24, 2.45) is 0 Å². The first-order valence-electron chi connectivity index (χ1n) is 6.09. The molecule has 1 saturated carbocycles. The summed E-state index contributed by atoms with van der Waals surface area (Å²) in [6, 6.07) is 6.98. The van der Waals surface area contributed by atoms with Crippen molar-refractivity contribution in [1.29, 1.82) is 0 Å². The smallest absolute Gasteiger partial charge is 0.336 e. The van der Waals surface area contributed by atoms with Crippen LogP contribution in [0, 0.1) is 0 Å². The van der Waals surface area contributed by atoms with Gasteiger partial charge < -0.3 is 14.9 Å². The van der Waals surface area contributed by atoms with Crippen LogP contribution in [0.1, 0.15) is 30.7 Å². The summed E-state index contributed by atoms with van der Waals surface area (Å²) in [5, 5.41) is 19.6. The fourth-order valence-corrected chi connectivity index (χ4v) is 2.65. The molecule has 19 heavy (non-hydrogen) atoms. The summed E-state index contributed by atoms with van der Waals surface area (Å²) in [6.45, 7) is 0. The molecule has 0 aliphatic heterocycles. The Kier molecular flexibility index (Phi) is 3.57. The van der Waals surface area contributed by atoms with Gasteiger partial charge in [0.2, 0.25) is 0 Å². The molecule has 1 aliphatic rings. The second-order valence-electron chi connectivity index (χ2n) is 4.78. The zero-order valence-electron chi connectivity index (χ0n) is 10.6. The van der Waals surface area contributed by atoms with Crippen LogP contribution >= 0.6 is 0 Å². The number of benzene rings is 1. The number of carboxylic acids is 1. The molecule has 5 nitrogen and oxygen atoms in total. The first-order valence-corrected chi connectivity index (χ1v) is 6.09. The molecule has 1 aliphatic carbocycles. The van der Waals surface area contributed by atoms with Crippen molar-refractivity contribution in [3.63, 3.8) is 0 Å². The summed E-state index contributed by atoms with van der Waals surface area (Å²) in [7, 11) is 1.49. The molecule has 2 rings (SSSR count). The number of ether oxygens (including phenoxy) is 1. The fourth-order valence-electron chi connectivity index (χ4n) is 2.65. The van der Waals surface area contributed by atoms with Gasteiger partial charge in [-0.2, -0.15) is 0 Å². The summed E-state index contributed by atoms with van der Waals surface area (Å²) < 4.78 is 5.21. The highest BCUT2D eigenvalue weighted by Gasteiger charge is 2.49. The van der Waals surface area contributed by atoms with E-state index in [0.29, 0.717) is 17.7 Å². The third kappa shape index (κ3) is 2.33. The predicted octanol–water partition coefficient (Wildman–Crippen LogP) is 1.35. The monoisotopic (exact) mass is 264 g/mol. The third-order valence-corrected chi connectivity index (χ3v) is 3.64. The highest BCUT2D eigenvalue weighted by molar-refractivity contribution is 5.90. The number of para-hydroxylation sites is 1. The van der Waals surface area contributed by atoms with E-state index in [1.165, 1.54) is 7.11 Å². The van der Waals surface area contributed by atoms with Crippen LogP contribution in [0.15, 0.2) is 24.3 Å². The predicted molar refractivity (Wildman–Crippen MR) is 67.2 cm³/mol. The van der Waals surface area contributed by atoms with Gasteiger partial charge in [0.05, 0.1) is 7.11 Å². The molecule has 0 aromatic heterocycles. The van der Waals surface area contributed by atoms with Crippen molar-refractivity contribution in [2.75, 3.05) is 7.11 Å². The lowest BCUT2D eigenvalue weighted by atomic mass is 9.71. The number of hydrogen-bond donors (Lipinski definition) is 2. The average molecular weight is 264 g/mol. The van der Waals surface area contributed by atoms with Crippen LogP contribution < -0.4 is 4.74 Å². The summed E-state index contributed by atoms with van der Waals surface area (Å²) in [4.78, 5) is 22.8. The topological polar surface area (TPSA) is 83.8 Å². The maximum absolute atomic E-state index is 11.5. The molecule has 2 unspecified atom stereocenters. The highest BCUT2D eigenvalue weighted by Crippen LogP contribution is 2.43. The molecule has 0 bridgehead atoms. The molecular weight excluding hydrogens is 248 g/mol. The third-order valence-electron chi connectivity index (χ3n) is 3.64. The van der Waals surface area contributed by atoms with Gasteiger partial charge in [0, 0.05) is 24.3 Å². The van der Waals surface area contributed by atoms with Crippen LogP contribution in [-0.2, 0) is 9.59 Å². The van der Waals surface area contributed by atoms with E-state index >= 15 is 0 Å². The number of carbonyl (C=O) groups is 2. The van der Waals surface area contributed by atoms with Crippen LogP contribution in [0.2, 0.25) is 0 Å². The molecule has 0 radical (unpaired) electrons. The van der Waals surface area contributed by atoms with Crippen LogP contribution in [0.4, 0.5) is 0 Å². The maximum atomic E-state index is 11.5. The summed E-state index contributed by atoms with van der Waals surface area (Å²) >= 11 is 0. The Morgan fingerprint density at radius 2 is 2.11 bits per heavy atom. The van der Waals surface area contributed by atoms with Gasteiger partial charge in [-0.25, -0.2) is 4.79 Å². The first-order chi connectivity index (χ1) is 8.99. The van der Waals surface area contributed by atoms with Gasteiger partial charge in [-0.15, -0.1) is 0 Å². The van der Waals surface area contributed by atoms with Crippen molar-refractivity contribution >= 4 is 11.8 Å². The second-order valence-corrected chi connectivity index (χ2v) is 4.78. The number of carbonyl (C=O) groups excluding carboxylic acids is 1. The normalized spacial score (nSPS) is 27.1. The Hall–Kier alpha value is -1.88. The number of aliphatic hydroxyl groups is 1. The molecule has 2 atom stereocenters. The van der Waals surface area contributed by atoms with Crippen LogP contribution in [0.3, 0.4) is 0 Å². The van der Waals surface area contributed by atoms with Crippen molar-refractivity contribution in [3.8, 4) is 5.75 Å². The molecule has 1 aromatic rings. The largest absolute Gasteiger partial charge is 0.496 e. The summed E-state index contributed by atoms with van der Waals surface area (Å²) in [5.74, 6) is -1.70. The molecule has 0 amide bonds. The Bertz CT molecular complexity index is 510. The Morgan fingerprint density at radius 1 is 1.42 bits per heavy atom. The molecular formula is C14H16O5. The number of methoxy groups -OCH3 is 1. The molecule has 1 fully saturated rings. The van der Waals surface area contributed by atoms with E-state index in [2.05, 4.69) is 0 Å². The number of Topliss-reactive ketones (excluding diaryl/α,β-unsaturated/α-hetero) is 1. The van der Waals surface area contributed by atoms with E-state index in [1.54, 1.807) is 24.3 Å². The standard InChI is InChI=1S/C14H16O5/c1-19-12-5-3-2-4-10(12)11-7-6-9(15)8-14(11,18)13(16)17/h2-5,11,18H,6-8H2,1H3,(H,16,17). The molecule has 2 N–H and O–H groups in total. The van der Waals surface area contributed by atoms with E-state index in [9.17, 15) is 19.8 Å². The lowest BCUT2D eigenvalue weighted by Gasteiger charge is -2.36. The molecule has 1 aromatic carbocycles. The van der Waals surface area contributed by atoms with Crippen molar-refractivity contribution in [1.82, 2.24) is 0 Å². The molecule has 0 saturated heterocycles. The van der Waals surface area contributed by atoms with Gasteiger partial charge in [-0.3, -0.25) is 4.79 Å². The quantitative estimate of drug-likeness (QED) is 0.860. The van der Waals surface area contributed by atoms with E-state index in [1.807, 2.05) is 0 Å². The molecule has 0 heterocycles. The second kappa shape index (κ2) is 5.01. The average Bonchev–Trinajstić information content (AvgIpc) is 2.38. The minimum atomic E-state index is -2.05. The lowest BCUT2D eigenvalue weighted by Crippen LogP contribution is -2.49. The van der Waals surface area contributed by atoms with Gasteiger partial charge in [0.25, 0.3) is 0 Å². The molecule has 0 spiro atoms. The van der Waals surface area contributed by atoms with E-state index in [4.69, 9.17) is 4.74 Å². The minimum Gasteiger partial charge on any atom is -0.496 e. The van der Waals surface area contributed by atoms with Gasteiger partial charge in [-0.05, 0) is 12.5 Å². The number of rotatable bonds is 3. The van der Waals surface area contributed by atoms with Crippen LogP contribution in [0.25, 0.3) is 0 Å². The van der Waals surface area contributed by atoms with E-state index < -0.39 is 17.5 Å². The fraction of sp³-hybridized carbons (Fsp3) is 0.429.